The molecule has 0 fully saturated rings. The number of nitrogens with one attached hydrogen (secondary N) is 1. The quantitative estimate of drug-likeness (QED) is 0.862. The molecule has 4 nitrogen and oxygen atoms in total. The van der Waals surface area contributed by atoms with Crippen molar-refractivity contribution in [2.45, 2.75) is 18.9 Å². The highest BCUT2D eigenvalue weighted by Gasteiger charge is 2.28. The van der Waals surface area contributed by atoms with E-state index in [1.165, 1.54) is 19.2 Å². The molecule has 0 saturated heterocycles. The topological polar surface area (TPSA) is 55.4 Å². The summed E-state index contributed by atoms with van der Waals surface area (Å²) >= 11 is 6.03. The third-order valence-corrected chi connectivity index (χ3v) is 4.47. The van der Waals surface area contributed by atoms with Crippen LogP contribution in [-0.2, 0) is 11.2 Å². The van der Waals surface area contributed by atoms with E-state index in [2.05, 4.69) is 10.1 Å². The summed E-state index contributed by atoms with van der Waals surface area (Å²) in [6.07, 6.45) is 1.28. The van der Waals surface area contributed by atoms with Crippen LogP contribution in [-0.4, -0.2) is 19.0 Å². The number of esters is 1. The molecule has 3 rings (SSSR count). The molecule has 2 aromatic carbocycles. The fourth-order valence-electron chi connectivity index (χ4n) is 2.93. The van der Waals surface area contributed by atoms with E-state index < -0.39 is 11.8 Å². The first-order valence-corrected chi connectivity index (χ1v) is 7.85. The molecule has 6 heteroatoms. The molecule has 0 aliphatic heterocycles. The fraction of sp³-hybridized carbons (Fsp3) is 0.222. The van der Waals surface area contributed by atoms with Crippen molar-refractivity contribution in [3.8, 4) is 0 Å². The smallest absolute Gasteiger partial charge is 0.340 e. The van der Waals surface area contributed by atoms with Gasteiger partial charge in [-0.2, -0.15) is 0 Å². The summed E-state index contributed by atoms with van der Waals surface area (Å²) in [5.41, 5.74) is 1.80. The average molecular weight is 348 g/mol. The Morgan fingerprint density at radius 2 is 2.00 bits per heavy atom. The molecule has 1 N–H and O–H groups in total. The van der Waals surface area contributed by atoms with Crippen LogP contribution in [0.3, 0.4) is 0 Å². The molecule has 2 aromatic rings. The second-order valence-electron chi connectivity index (χ2n) is 5.57. The number of hydrogen-bond acceptors (Lipinski definition) is 3. The summed E-state index contributed by atoms with van der Waals surface area (Å²) in [5, 5.41) is 3.24. The SMILES string of the molecule is COC(=O)c1cc2c(cc1F)[C@H](NC(=O)c1ccccc1Cl)CC2. The first-order valence-electron chi connectivity index (χ1n) is 7.47. The van der Waals surface area contributed by atoms with Gasteiger partial charge in [-0.1, -0.05) is 23.7 Å². The second-order valence-corrected chi connectivity index (χ2v) is 5.97. The third kappa shape index (κ3) is 2.99. The van der Waals surface area contributed by atoms with Crippen LogP contribution in [0.1, 0.15) is 44.3 Å². The van der Waals surface area contributed by atoms with Gasteiger partial charge >= 0.3 is 5.97 Å². The summed E-state index contributed by atoms with van der Waals surface area (Å²) in [6, 6.07) is 9.23. The van der Waals surface area contributed by atoms with Gasteiger partial charge in [0.25, 0.3) is 5.91 Å². The molecule has 1 aliphatic carbocycles. The van der Waals surface area contributed by atoms with Crippen molar-refractivity contribution in [2.75, 3.05) is 7.11 Å². The lowest BCUT2D eigenvalue weighted by Gasteiger charge is -2.15. The molecule has 0 unspecified atom stereocenters. The first kappa shape index (κ1) is 16.5. The number of amides is 1. The summed E-state index contributed by atoms with van der Waals surface area (Å²) < 4.78 is 18.7. The maximum Gasteiger partial charge on any atom is 0.340 e. The van der Waals surface area contributed by atoms with Gasteiger partial charge in [0, 0.05) is 0 Å². The number of methoxy groups -OCH3 is 1. The molecule has 0 aromatic heterocycles. The van der Waals surface area contributed by atoms with Crippen molar-refractivity contribution in [3.05, 3.63) is 69.5 Å². The standard InChI is InChI=1S/C18H15ClFNO3/c1-24-18(23)13-8-10-6-7-16(12(10)9-15(13)20)21-17(22)11-4-2-3-5-14(11)19/h2-5,8-9,16H,6-7H2,1H3,(H,21,22)/t16-/m1/s1. The highest BCUT2D eigenvalue weighted by Crippen LogP contribution is 2.33. The maximum atomic E-state index is 14.1. The number of carbonyl (C=O) groups is 2. The molecule has 0 heterocycles. The molecule has 124 valence electrons. The molecular weight excluding hydrogens is 333 g/mol. The van der Waals surface area contributed by atoms with E-state index in [1.807, 2.05) is 0 Å². The summed E-state index contributed by atoms with van der Waals surface area (Å²) in [6.45, 7) is 0. The van der Waals surface area contributed by atoms with E-state index >= 15 is 0 Å². The van der Waals surface area contributed by atoms with Crippen molar-refractivity contribution in [1.82, 2.24) is 5.32 Å². The Morgan fingerprint density at radius 1 is 1.25 bits per heavy atom. The van der Waals surface area contributed by atoms with Gasteiger partial charge in [0.2, 0.25) is 0 Å². The summed E-state index contributed by atoms with van der Waals surface area (Å²) in [5.74, 6) is -1.67. The highest BCUT2D eigenvalue weighted by molar-refractivity contribution is 6.33. The Hall–Kier alpha value is -2.40. The van der Waals surface area contributed by atoms with E-state index in [0.717, 1.165) is 5.56 Å². The molecule has 0 saturated carbocycles. The van der Waals surface area contributed by atoms with Crippen molar-refractivity contribution in [3.63, 3.8) is 0 Å². The lowest BCUT2D eigenvalue weighted by Crippen LogP contribution is -2.27. The number of aryl methyl sites for hydroxylation is 1. The van der Waals surface area contributed by atoms with Crippen molar-refractivity contribution in [1.29, 1.82) is 0 Å². The largest absolute Gasteiger partial charge is 0.465 e. The minimum absolute atomic E-state index is 0.0886. The number of rotatable bonds is 3. The Kier molecular flexibility index (Phi) is 4.53. The number of benzene rings is 2. The molecule has 0 radical (unpaired) electrons. The molecule has 24 heavy (non-hydrogen) atoms. The second kappa shape index (κ2) is 6.61. The Bertz CT molecular complexity index is 822. The highest BCUT2D eigenvalue weighted by atomic mass is 35.5. The molecule has 1 atom stereocenters. The van der Waals surface area contributed by atoms with Gasteiger partial charge in [0.05, 0.1) is 29.3 Å². The van der Waals surface area contributed by atoms with Crippen LogP contribution in [0.25, 0.3) is 0 Å². The van der Waals surface area contributed by atoms with Gasteiger partial charge in [0.15, 0.2) is 0 Å². The fourth-order valence-corrected chi connectivity index (χ4v) is 3.15. The van der Waals surface area contributed by atoms with Crippen LogP contribution >= 0.6 is 11.6 Å². The van der Waals surface area contributed by atoms with E-state index in [0.29, 0.717) is 29.0 Å². The first-order chi connectivity index (χ1) is 11.5. The Balaban J connectivity index is 1.85. The Labute approximate surface area is 143 Å². The number of carbonyl (C=O) groups excluding carboxylic acids is 2. The van der Waals surface area contributed by atoms with Crippen LogP contribution in [0.2, 0.25) is 5.02 Å². The summed E-state index contributed by atoms with van der Waals surface area (Å²) in [7, 11) is 1.21. The molecular formula is C18H15ClFNO3. The van der Waals surface area contributed by atoms with Gasteiger partial charge < -0.3 is 10.1 Å². The number of ether oxygens (including phenoxy) is 1. The number of hydrogen-bond donors (Lipinski definition) is 1. The predicted octanol–water partition coefficient (Wildman–Crippen LogP) is 3.68. The van der Waals surface area contributed by atoms with E-state index in [9.17, 15) is 14.0 Å². The van der Waals surface area contributed by atoms with Gasteiger partial charge in [-0.3, -0.25) is 4.79 Å². The zero-order valence-electron chi connectivity index (χ0n) is 12.9. The number of fused-ring (bicyclic) bond motifs is 1. The zero-order chi connectivity index (χ0) is 17.3. The molecule has 0 spiro atoms. The molecule has 1 amide bonds. The summed E-state index contributed by atoms with van der Waals surface area (Å²) in [4.78, 5) is 23.9. The Morgan fingerprint density at radius 3 is 2.71 bits per heavy atom. The monoisotopic (exact) mass is 347 g/mol. The van der Waals surface area contributed by atoms with Crippen LogP contribution in [0.4, 0.5) is 4.39 Å². The van der Waals surface area contributed by atoms with Crippen molar-refractivity contribution >= 4 is 23.5 Å². The van der Waals surface area contributed by atoms with Gasteiger partial charge in [-0.15, -0.1) is 0 Å². The molecule has 0 bridgehead atoms. The lowest BCUT2D eigenvalue weighted by atomic mass is 10.0. The minimum Gasteiger partial charge on any atom is -0.465 e. The van der Waals surface area contributed by atoms with E-state index in [4.69, 9.17) is 11.6 Å². The van der Waals surface area contributed by atoms with Gasteiger partial charge in [-0.25, -0.2) is 9.18 Å². The minimum atomic E-state index is -0.709. The lowest BCUT2D eigenvalue weighted by molar-refractivity contribution is 0.0595. The average Bonchev–Trinajstić information content (AvgIpc) is 2.95. The van der Waals surface area contributed by atoms with Crippen LogP contribution in [0.5, 0.6) is 0 Å². The molecule has 1 aliphatic rings. The zero-order valence-corrected chi connectivity index (χ0v) is 13.7. The van der Waals surface area contributed by atoms with Gasteiger partial charge in [-0.05, 0) is 48.2 Å². The van der Waals surface area contributed by atoms with Crippen LogP contribution < -0.4 is 5.32 Å². The van der Waals surface area contributed by atoms with Crippen LogP contribution in [0.15, 0.2) is 36.4 Å². The van der Waals surface area contributed by atoms with Crippen molar-refractivity contribution in [2.24, 2.45) is 0 Å². The third-order valence-electron chi connectivity index (χ3n) is 4.14. The normalized spacial score (nSPS) is 15.7. The van der Waals surface area contributed by atoms with E-state index in [1.54, 1.807) is 24.3 Å². The maximum absolute atomic E-state index is 14.1. The number of halogens is 2. The van der Waals surface area contributed by atoms with E-state index in [-0.39, 0.29) is 17.5 Å². The van der Waals surface area contributed by atoms with Crippen molar-refractivity contribution < 1.29 is 18.7 Å². The van der Waals surface area contributed by atoms with Crippen LogP contribution in [0, 0.1) is 5.82 Å². The predicted molar refractivity (Wildman–Crippen MR) is 87.7 cm³/mol. The van der Waals surface area contributed by atoms with Gasteiger partial charge in [0.1, 0.15) is 5.82 Å².